The second kappa shape index (κ2) is 5.38. The summed E-state index contributed by atoms with van der Waals surface area (Å²) < 4.78 is 0. The van der Waals surface area contributed by atoms with E-state index in [1.54, 1.807) is 0 Å². The average Bonchev–Trinajstić information content (AvgIpc) is 2.03. The maximum Gasteiger partial charge on any atom is 0.126 e. The number of nitrogens with zero attached hydrogens (tertiary/aromatic N) is 1. The van der Waals surface area contributed by atoms with Gasteiger partial charge in [-0.15, -0.1) is 0 Å². The van der Waals surface area contributed by atoms with Gasteiger partial charge in [-0.2, -0.15) is 0 Å². The highest BCUT2D eigenvalue weighted by Crippen LogP contribution is 2.13. The molecule has 0 fully saturated rings. The van der Waals surface area contributed by atoms with Gasteiger partial charge in [0, 0.05) is 18.5 Å². The maximum absolute atomic E-state index is 10.7. The lowest BCUT2D eigenvalue weighted by Gasteiger charge is -2.27. The SMILES string of the molecule is CCC(C)CN(C)CC(C)(C)C=O. The van der Waals surface area contributed by atoms with E-state index < -0.39 is 0 Å². The summed E-state index contributed by atoms with van der Waals surface area (Å²) in [7, 11) is 2.08. The topological polar surface area (TPSA) is 20.3 Å². The Balaban J connectivity index is 3.86. The van der Waals surface area contributed by atoms with Crippen LogP contribution >= 0.6 is 0 Å². The van der Waals surface area contributed by atoms with Gasteiger partial charge in [-0.05, 0) is 13.0 Å². The molecule has 0 aliphatic carbocycles. The molecule has 2 nitrogen and oxygen atoms in total. The Morgan fingerprint density at radius 3 is 2.38 bits per heavy atom. The normalized spacial score (nSPS) is 14.6. The van der Waals surface area contributed by atoms with E-state index in [0.29, 0.717) is 5.92 Å². The second-order valence-corrected chi connectivity index (χ2v) is 4.82. The van der Waals surface area contributed by atoms with Crippen molar-refractivity contribution in [2.24, 2.45) is 11.3 Å². The fourth-order valence-corrected chi connectivity index (χ4v) is 1.46. The van der Waals surface area contributed by atoms with E-state index in [-0.39, 0.29) is 5.41 Å². The van der Waals surface area contributed by atoms with Crippen LogP contribution in [0.1, 0.15) is 34.1 Å². The second-order valence-electron chi connectivity index (χ2n) is 4.82. The van der Waals surface area contributed by atoms with Crippen molar-refractivity contribution in [1.29, 1.82) is 0 Å². The number of carbonyl (C=O) groups excluding carboxylic acids is 1. The summed E-state index contributed by atoms with van der Waals surface area (Å²) in [6, 6.07) is 0. The van der Waals surface area contributed by atoms with Gasteiger partial charge in [0.2, 0.25) is 0 Å². The van der Waals surface area contributed by atoms with Crippen LogP contribution in [0.5, 0.6) is 0 Å². The van der Waals surface area contributed by atoms with Crippen molar-refractivity contribution in [3.05, 3.63) is 0 Å². The molecule has 0 saturated carbocycles. The molecule has 0 amide bonds. The first-order chi connectivity index (χ1) is 5.91. The van der Waals surface area contributed by atoms with E-state index in [4.69, 9.17) is 0 Å². The quantitative estimate of drug-likeness (QED) is 0.591. The Morgan fingerprint density at radius 2 is 2.00 bits per heavy atom. The minimum Gasteiger partial charge on any atom is -0.305 e. The molecule has 1 atom stereocenters. The first kappa shape index (κ1) is 12.6. The summed E-state index contributed by atoms with van der Waals surface area (Å²) in [5.41, 5.74) is -0.206. The lowest BCUT2D eigenvalue weighted by Crippen LogP contribution is -2.34. The van der Waals surface area contributed by atoms with Crippen molar-refractivity contribution in [3.8, 4) is 0 Å². The van der Waals surface area contributed by atoms with Crippen molar-refractivity contribution < 1.29 is 4.79 Å². The Kier molecular flexibility index (Phi) is 5.23. The fourth-order valence-electron chi connectivity index (χ4n) is 1.46. The van der Waals surface area contributed by atoms with Crippen molar-refractivity contribution in [2.75, 3.05) is 20.1 Å². The van der Waals surface area contributed by atoms with Crippen LogP contribution in [0.25, 0.3) is 0 Å². The van der Waals surface area contributed by atoms with E-state index in [9.17, 15) is 4.79 Å². The van der Waals surface area contributed by atoms with E-state index in [0.717, 1.165) is 19.4 Å². The van der Waals surface area contributed by atoms with Gasteiger partial charge in [-0.3, -0.25) is 0 Å². The van der Waals surface area contributed by atoms with E-state index in [1.165, 1.54) is 6.42 Å². The third-order valence-corrected chi connectivity index (χ3v) is 2.32. The van der Waals surface area contributed by atoms with Gasteiger partial charge in [-0.25, -0.2) is 0 Å². The molecule has 0 N–H and O–H groups in total. The number of hydrogen-bond donors (Lipinski definition) is 0. The Labute approximate surface area is 82.3 Å². The molecule has 1 unspecified atom stereocenters. The molecule has 0 bridgehead atoms. The molecule has 2 heteroatoms. The third kappa shape index (κ3) is 5.81. The lowest BCUT2D eigenvalue weighted by atomic mass is 9.95. The molecule has 0 spiro atoms. The van der Waals surface area contributed by atoms with Gasteiger partial charge in [0.25, 0.3) is 0 Å². The van der Waals surface area contributed by atoms with Crippen LogP contribution in [0.15, 0.2) is 0 Å². The summed E-state index contributed by atoms with van der Waals surface area (Å²) >= 11 is 0. The maximum atomic E-state index is 10.7. The molecular formula is C11H23NO. The summed E-state index contributed by atoms with van der Waals surface area (Å²) in [5, 5.41) is 0. The zero-order valence-electron chi connectivity index (χ0n) is 9.63. The summed E-state index contributed by atoms with van der Waals surface area (Å²) in [6.07, 6.45) is 2.24. The van der Waals surface area contributed by atoms with Gasteiger partial charge in [0.15, 0.2) is 0 Å². The van der Waals surface area contributed by atoms with Gasteiger partial charge >= 0.3 is 0 Å². The van der Waals surface area contributed by atoms with Crippen molar-refractivity contribution in [1.82, 2.24) is 4.90 Å². The predicted molar refractivity (Wildman–Crippen MR) is 56.8 cm³/mol. The highest BCUT2D eigenvalue weighted by molar-refractivity contribution is 5.58. The molecule has 13 heavy (non-hydrogen) atoms. The van der Waals surface area contributed by atoms with Crippen LogP contribution in [0.3, 0.4) is 0 Å². The summed E-state index contributed by atoms with van der Waals surface area (Å²) in [6.45, 7) is 10.3. The van der Waals surface area contributed by atoms with Crippen molar-refractivity contribution >= 4 is 6.29 Å². The zero-order chi connectivity index (χ0) is 10.5. The number of carbonyl (C=O) groups is 1. The fraction of sp³-hybridized carbons (Fsp3) is 0.909. The first-order valence-corrected chi connectivity index (χ1v) is 5.06. The van der Waals surface area contributed by atoms with Gasteiger partial charge in [-0.1, -0.05) is 34.1 Å². The largest absolute Gasteiger partial charge is 0.305 e. The molecule has 0 aliphatic rings. The highest BCUT2D eigenvalue weighted by atomic mass is 16.1. The Bertz CT molecular complexity index is 154. The zero-order valence-corrected chi connectivity index (χ0v) is 9.63. The molecule has 0 aromatic rings. The molecule has 78 valence electrons. The number of aldehydes is 1. The first-order valence-electron chi connectivity index (χ1n) is 5.06. The van der Waals surface area contributed by atoms with E-state index >= 15 is 0 Å². The Morgan fingerprint density at radius 1 is 1.46 bits per heavy atom. The highest BCUT2D eigenvalue weighted by Gasteiger charge is 2.19. The minimum absolute atomic E-state index is 0.206. The van der Waals surface area contributed by atoms with Gasteiger partial charge in [0.05, 0.1) is 0 Å². The van der Waals surface area contributed by atoms with Crippen LogP contribution in [0.4, 0.5) is 0 Å². The van der Waals surface area contributed by atoms with Crippen LogP contribution in [0, 0.1) is 11.3 Å². The molecule has 0 radical (unpaired) electrons. The smallest absolute Gasteiger partial charge is 0.126 e. The standard InChI is InChI=1S/C11H23NO/c1-6-10(2)7-12(5)8-11(3,4)9-13/h9-10H,6-8H2,1-5H3. The Hall–Kier alpha value is -0.370. The molecule has 0 aromatic carbocycles. The molecule has 0 aromatic heterocycles. The monoisotopic (exact) mass is 185 g/mol. The van der Waals surface area contributed by atoms with E-state index in [1.807, 2.05) is 13.8 Å². The van der Waals surface area contributed by atoms with Crippen LogP contribution < -0.4 is 0 Å². The van der Waals surface area contributed by atoms with Crippen LogP contribution in [-0.4, -0.2) is 31.3 Å². The molecule has 0 saturated heterocycles. The predicted octanol–water partition coefficient (Wildman–Crippen LogP) is 2.19. The average molecular weight is 185 g/mol. The van der Waals surface area contributed by atoms with Gasteiger partial charge in [0.1, 0.15) is 6.29 Å². The van der Waals surface area contributed by atoms with E-state index in [2.05, 4.69) is 25.8 Å². The van der Waals surface area contributed by atoms with Crippen molar-refractivity contribution in [3.63, 3.8) is 0 Å². The number of rotatable bonds is 6. The van der Waals surface area contributed by atoms with Gasteiger partial charge < -0.3 is 9.69 Å². The van der Waals surface area contributed by atoms with Crippen molar-refractivity contribution in [2.45, 2.75) is 34.1 Å². The molecular weight excluding hydrogens is 162 g/mol. The number of hydrogen-bond acceptors (Lipinski definition) is 2. The third-order valence-electron chi connectivity index (χ3n) is 2.32. The van der Waals surface area contributed by atoms with Crippen LogP contribution in [0.2, 0.25) is 0 Å². The lowest BCUT2D eigenvalue weighted by molar-refractivity contribution is -0.115. The minimum atomic E-state index is -0.206. The summed E-state index contributed by atoms with van der Waals surface area (Å²) in [5.74, 6) is 0.715. The molecule has 0 aliphatic heterocycles. The van der Waals surface area contributed by atoms with Crippen LogP contribution in [-0.2, 0) is 4.79 Å². The molecule has 0 heterocycles. The molecule has 0 rings (SSSR count). The summed E-state index contributed by atoms with van der Waals surface area (Å²) in [4.78, 5) is 12.9.